The van der Waals surface area contributed by atoms with Gasteiger partial charge in [-0.1, -0.05) is 0 Å². The molecule has 1 N–H and O–H groups in total. The molecule has 0 spiro atoms. The van der Waals surface area contributed by atoms with E-state index in [1.165, 1.54) is 0 Å². The van der Waals surface area contributed by atoms with Gasteiger partial charge in [0.15, 0.2) is 0 Å². The molecule has 0 amide bonds. The standard InChI is InChI=1S/C9H17NO/c1-4-5-6-7-9(11)8-10(2)3/h9,11H,6-8H2,1-3H3. The van der Waals surface area contributed by atoms with Gasteiger partial charge in [-0.05, 0) is 27.4 Å². The van der Waals surface area contributed by atoms with E-state index in [9.17, 15) is 5.11 Å². The van der Waals surface area contributed by atoms with Crippen LogP contribution in [0.4, 0.5) is 0 Å². The minimum absolute atomic E-state index is 0.231. The number of nitrogens with zero attached hydrogens (tertiary/aromatic N) is 1. The van der Waals surface area contributed by atoms with E-state index >= 15 is 0 Å². The first kappa shape index (κ1) is 10.5. The summed E-state index contributed by atoms with van der Waals surface area (Å²) in [6, 6.07) is 0. The average Bonchev–Trinajstić information content (AvgIpc) is 1.86. The van der Waals surface area contributed by atoms with Crippen LogP contribution in [0.3, 0.4) is 0 Å². The van der Waals surface area contributed by atoms with E-state index in [2.05, 4.69) is 11.8 Å². The van der Waals surface area contributed by atoms with Gasteiger partial charge in [0.25, 0.3) is 0 Å². The van der Waals surface area contributed by atoms with Gasteiger partial charge >= 0.3 is 0 Å². The van der Waals surface area contributed by atoms with Gasteiger partial charge in [-0.15, -0.1) is 11.8 Å². The largest absolute Gasteiger partial charge is 0.392 e. The highest BCUT2D eigenvalue weighted by Crippen LogP contribution is 1.96. The lowest BCUT2D eigenvalue weighted by molar-refractivity contribution is 0.130. The van der Waals surface area contributed by atoms with E-state index in [0.717, 1.165) is 19.4 Å². The third kappa shape index (κ3) is 7.38. The Bertz CT molecular complexity index is 143. The van der Waals surface area contributed by atoms with Crippen LogP contribution in [-0.4, -0.2) is 36.8 Å². The maximum absolute atomic E-state index is 9.34. The molecule has 0 saturated carbocycles. The fourth-order valence-electron chi connectivity index (χ4n) is 0.877. The number of hydrogen-bond donors (Lipinski definition) is 1. The summed E-state index contributed by atoms with van der Waals surface area (Å²) in [5.74, 6) is 5.73. The lowest BCUT2D eigenvalue weighted by Gasteiger charge is -2.14. The lowest BCUT2D eigenvalue weighted by Crippen LogP contribution is -2.25. The first-order valence-electron chi connectivity index (χ1n) is 3.89. The van der Waals surface area contributed by atoms with Crippen molar-refractivity contribution in [2.75, 3.05) is 20.6 Å². The summed E-state index contributed by atoms with van der Waals surface area (Å²) in [4.78, 5) is 1.98. The smallest absolute Gasteiger partial charge is 0.0676 e. The Morgan fingerprint density at radius 2 is 2.09 bits per heavy atom. The van der Waals surface area contributed by atoms with E-state index in [-0.39, 0.29) is 6.10 Å². The fourth-order valence-corrected chi connectivity index (χ4v) is 0.877. The number of aliphatic hydroxyl groups is 1. The van der Waals surface area contributed by atoms with Gasteiger partial charge in [0.1, 0.15) is 0 Å². The van der Waals surface area contributed by atoms with Crippen molar-refractivity contribution in [3.8, 4) is 11.8 Å². The van der Waals surface area contributed by atoms with Crippen molar-refractivity contribution < 1.29 is 5.11 Å². The number of rotatable bonds is 4. The van der Waals surface area contributed by atoms with Crippen molar-refractivity contribution in [2.45, 2.75) is 25.9 Å². The Balaban J connectivity index is 3.34. The molecule has 11 heavy (non-hydrogen) atoms. The molecule has 0 rings (SSSR count). The quantitative estimate of drug-likeness (QED) is 0.604. The minimum Gasteiger partial charge on any atom is -0.392 e. The van der Waals surface area contributed by atoms with Gasteiger partial charge in [0, 0.05) is 13.0 Å². The second kappa shape index (κ2) is 6.21. The normalized spacial score (nSPS) is 12.5. The van der Waals surface area contributed by atoms with Crippen LogP contribution >= 0.6 is 0 Å². The van der Waals surface area contributed by atoms with Crippen LogP contribution < -0.4 is 0 Å². The molecule has 1 unspecified atom stereocenters. The lowest BCUT2D eigenvalue weighted by atomic mass is 10.2. The summed E-state index contributed by atoms with van der Waals surface area (Å²) in [6.07, 6.45) is 1.34. The van der Waals surface area contributed by atoms with Crippen LogP contribution in [0, 0.1) is 11.8 Å². The number of hydrogen-bond acceptors (Lipinski definition) is 2. The van der Waals surface area contributed by atoms with Crippen molar-refractivity contribution in [2.24, 2.45) is 0 Å². The average molecular weight is 155 g/mol. The Morgan fingerprint density at radius 3 is 2.55 bits per heavy atom. The monoisotopic (exact) mass is 155 g/mol. The molecule has 0 saturated heterocycles. The Hall–Kier alpha value is -0.520. The second-order valence-corrected chi connectivity index (χ2v) is 2.88. The first-order chi connectivity index (χ1) is 5.16. The van der Waals surface area contributed by atoms with Crippen LogP contribution in [0.25, 0.3) is 0 Å². The molecule has 1 atom stereocenters. The Labute approximate surface area is 69.2 Å². The van der Waals surface area contributed by atoms with Crippen molar-refractivity contribution in [3.05, 3.63) is 0 Å². The zero-order chi connectivity index (χ0) is 8.69. The van der Waals surface area contributed by atoms with Gasteiger partial charge in [-0.2, -0.15) is 0 Å². The molecule has 0 aliphatic heterocycles. The van der Waals surface area contributed by atoms with Gasteiger partial charge in [0.05, 0.1) is 6.10 Å². The van der Waals surface area contributed by atoms with Crippen LogP contribution in [0.15, 0.2) is 0 Å². The predicted octanol–water partition coefficient (Wildman–Crippen LogP) is 0.712. The molecule has 0 aliphatic rings. The topological polar surface area (TPSA) is 23.5 Å². The summed E-state index contributed by atoms with van der Waals surface area (Å²) >= 11 is 0. The summed E-state index contributed by atoms with van der Waals surface area (Å²) in [7, 11) is 3.91. The fraction of sp³-hybridized carbons (Fsp3) is 0.778. The summed E-state index contributed by atoms with van der Waals surface area (Å²) in [5.41, 5.74) is 0. The highest BCUT2D eigenvalue weighted by atomic mass is 16.3. The van der Waals surface area contributed by atoms with Crippen LogP contribution in [0.2, 0.25) is 0 Å². The molecule has 0 aromatic carbocycles. The highest BCUT2D eigenvalue weighted by Gasteiger charge is 2.02. The zero-order valence-corrected chi connectivity index (χ0v) is 7.59. The summed E-state index contributed by atoms with van der Waals surface area (Å²) < 4.78 is 0. The van der Waals surface area contributed by atoms with Crippen LogP contribution in [0.1, 0.15) is 19.8 Å². The molecular weight excluding hydrogens is 138 g/mol. The SMILES string of the molecule is CC#CCCC(O)CN(C)C. The molecule has 0 heterocycles. The summed E-state index contributed by atoms with van der Waals surface area (Å²) in [6.45, 7) is 2.55. The molecule has 0 radical (unpaired) electrons. The third-order valence-electron chi connectivity index (χ3n) is 1.36. The predicted molar refractivity (Wildman–Crippen MR) is 47.2 cm³/mol. The molecular formula is C9H17NO. The van der Waals surface area contributed by atoms with Crippen molar-refractivity contribution in [3.63, 3.8) is 0 Å². The van der Waals surface area contributed by atoms with E-state index in [0.29, 0.717) is 0 Å². The van der Waals surface area contributed by atoms with Crippen LogP contribution in [-0.2, 0) is 0 Å². The minimum atomic E-state index is -0.231. The Kier molecular flexibility index (Phi) is 5.91. The molecule has 0 aromatic heterocycles. The van der Waals surface area contributed by atoms with Crippen LogP contribution in [0.5, 0.6) is 0 Å². The van der Waals surface area contributed by atoms with Crippen molar-refractivity contribution >= 4 is 0 Å². The third-order valence-corrected chi connectivity index (χ3v) is 1.36. The molecule has 0 aromatic rings. The van der Waals surface area contributed by atoms with Crippen molar-refractivity contribution in [1.82, 2.24) is 4.90 Å². The molecule has 0 aliphatic carbocycles. The maximum Gasteiger partial charge on any atom is 0.0676 e. The molecule has 64 valence electrons. The number of aliphatic hydroxyl groups excluding tert-OH is 1. The van der Waals surface area contributed by atoms with E-state index in [4.69, 9.17) is 0 Å². The molecule has 0 bridgehead atoms. The molecule has 2 nitrogen and oxygen atoms in total. The van der Waals surface area contributed by atoms with E-state index < -0.39 is 0 Å². The Morgan fingerprint density at radius 1 is 1.45 bits per heavy atom. The second-order valence-electron chi connectivity index (χ2n) is 2.88. The van der Waals surface area contributed by atoms with Gasteiger partial charge < -0.3 is 10.0 Å². The van der Waals surface area contributed by atoms with E-state index in [1.54, 1.807) is 0 Å². The summed E-state index contributed by atoms with van der Waals surface area (Å²) in [5, 5.41) is 9.34. The maximum atomic E-state index is 9.34. The number of likely N-dealkylation sites (N-methyl/N-ethyl adjacent to an activating group) is 1. The zero-order valence-electron chi connectivity index (χ0n) is 7.59. The van der Waals surface area contributed by atoms with E-state index in [1.807, 2.05) is 25.9 Å². The van der Waals surface area contributed by atoms with Gasteiger partial charge in [-0.25, -0.2) is 0 Å². The highest BCUT2D eigenvalue weighted by molar-refractivity contribution is 4.95. The van der Waals surface area contributed by atoms with Gasteiger partial charge in [-0.3, -0.25) is 0 Å². The first-order valence-corrected chi connectivity index (χ1v) is 3.89. The molecule has 0 fully saturated rings. The van der Waals surface area contributed by atoms with Gasteiger partial charge in [0.2, 0.25) is 0 Å². The van der Waals surface area contributed by atoms with Crippen molar-refractivity contribution in [1.29, 1.82) is 0 Å². The molecule has 2 heteroatoms.